The normalized spacial score (nSPS) is 17.5. The van der Waals surface area contributed by atoms with E-state index in [0.29, 0.717) is 11.3 Å². The molecule has 1 fully saturated rings. The number of para-hydroxylation sites is 2. The highest BCUT2D eigenvalue weighted by molar-refractivity contribution is 5.80. The number of ether oxygens (including phenoxy) is 1. The first-order valence-electron chi connectivity index (χ1n) is 9.19. The standard InChI is InChI=1S/C19H20N6O2/c1-12(2)25-15-7-4-3-6-14(15)23-11-20-18(17(23)19(25)26)24-10-13(21-22-24)16-8-5-9-27-16/h3-4,6-7,10-12,16H,5,8-9H2,1-2H3. The van der Waals surface area contributed by atoms with E-state index in [0.717, 1.165) is 36.2 Å². The second kappa shape index (κ2) is 6.02. The summed E-state index contributed by atoms with van der Waals surface area (Å²) in [5, 5.41) is 8.45. The molecule has 0 amide bonds. The van der Waals surface area contributed by atoms with Crippen molar-refractivity contribution in [2.75, 3.05) is 6.61 Å². The van der Waals surface area contributed by atoms with Crippen LogP contribution in [-0.4, -0.2) is 35.6 Å². The van der Waals surface area contributed by atoms with Crippen molar-refractivity contribution in [3.05, 3.63) is 52.8 Å². The van der Waals surface area contributed by atoms with E-state index >= 15 is 0 Å². The van der Waals surface area contributed by atoms with E-state index in [1.165, 1.54) is 0 Å². The SMILES string of the molecule is CC(C)n1c(=O)c2c(-n3cc(C4CCCO4)nn3)ncn2c2ccccc21. The molecule has 1 atom stereocenters. The summed E-state index contributed by atoms with van der Waals surface area (Å²) in [6, 6.07) is 7.87. The Morgan fingerprint density at radius 3 is 2.78 bits per heavy atom. The van der Waals surface area contributed by atoms with Crippen molar-refractivity contribution in [2.45, 2.75) is 38.8 Å². The maximum atomic E-state index is 13.3. The maximum absolute atomic E-state index is 13.3. The topological polar surface area (TPSA) is 79.2 Å². The fourth-order valence-corrected chi connectivity index (χ4v) is 3.83. The Balaban J connectivity index is 1.76. The van der Waals surface area contributed by atoms with Crippen molar-refractivity contribution in [1.82, 2.24) is 28.9 Å². The number of fused-ring (bicyclic) bond motifs is 3. The quantitative estimate of drug-likeness (QED) is 0.558. The second-order valence-corrected chi connectivity index (χ2v) is 7.13. The zero-order valence-corrected chi connectivity index (χ0v) is 15.2. The average molecular weight is 364 g/mol. The number of benzene rings is 1. The van der Waals surface area contributed by atoms with Crippen molar-refractivity contribution in [3.63, 3.8) is 0 Å². The summed E-state index contributed by atoms with van der Waals surface area (Å²) >= 11 is 0. The van der Waals surface area contributed by atoms with Gasteiger partial charge in [0.25, 0.3) is 5.56 Å². The summed E-state index contributed by atoms with van der Waals surface area (Å²) in [6.45, 7) is 4.76. The third kappa shape index (κ3) is 2.40. The van der Waals surface area contributed by atoms with Crippen molar-refractivity contribution in [2.24, 2.45) is 0 Å². The summed E-state index contributed by atoms with van der Waals surface area (Å²) in [7, 11) is 0. The molecule has 27 heavy (non-hydrogen) atoms. The predicted molar refractivity (Wildman–Crippen MR) is 100 cm³/mol. The zero-order valence-electron chi connectivity index (χ0n) is 15.2. The number of hydrogen-bond donors (Lipinski definition) is 0. The van der Waals surface area contributed by atoms with Gasteiger partial charge in [-0.3, -0.25) is 9.20 Å². The highest BCUT2D eigenvalue weighted by atomic mass is 16.5. The molecule has 0 radical (unpaired) electrons. The third-order valence-corrected chi connectivity index (χ3v) is 5.07. The molecule has 138 valence electrons. The maximum Gasteiger partial charge on any atom is 0.279 e. The van der Waals surface area contributed by atoms with Gasteiger partial charge in [-0.2, -0.15) is 4.68 Å². The van der Waals surface area contributed by atoms with Gasteiger partial charge in [0.2, 0.25) is 0 Å². The van der Waals surface area contributed by atoms with Crippen molar-refractivity contribution in [3.8, 4) is 5.82 Å². The predicted octanol–water partition coefficient (Wildman–Crippen LogP) is 2.66. The van der Waals surface area contributed by atoms with E-state index in [2.05, 4.69) is 15.3 Å². The molecular formula is C19H20N6O2. The summed E-state index contributed by atoms with van der Waals surface area (Å²) in [4.78, 5) is 17.8. The Hall–Kier alpha value is -3.00. The van der Waals surface area contributed by atoms with Gasteiger partial charge in [-0.25, -0.2) is 4.98 Å². The molecule has 0 bridgehead atoms. The van der Waals surface area contributed by atoms with Crippen LogP contribution in [0.4, 0.5) is 0 Å². The number of imidazole rings is 1. The van der Waals surface area contributed by atoms with Gasteiger partial charge in [-0.15, -0.1) is 5.10 Å². The third-order valence-electron chi connectivity index (χ3n) is 5.07. The van der Waals surface area contributed by atoms with Crippen LogP contribution in [0.5, 0.6) is 0 Å². The molecule has 1 aliphatic heterocycles. The molecule has 1 aromatic carbocycles. The van der Waals surface area contributed by atoms with Crippen LogP contribution in [0.1, 0.15) is 44.5 Å². The van der Waals surface area contributed by atoms with Gasteiger partial charge in [0.05, 0.1) is 17.2 Å². The van der Waals surface area contributed by atoms with Crippen LogP contribution in [0, 0.1) is 0 Å². The molecule has 8 heteroatoms. The van der Waals surface area contributed by atoms with Crippen LogP contribution >= 0.6 is 0 Å². The van der Waals surface area contributed by atoms with Gasteiger partial charge >= 0.3 is 0 Å². The number of hydrogen-bond acceptors (Lipinski definition) is 5. The van der Waals surface area contributed by atoms with Crippen molar-refractivity contribution < 1.29 is 4.74 Å². The van der Waals surface area contributed by atoms with E-state index in [1.807, 2.05) is 48.7 Å². The van der Waals surface area contributed by atoms with E-state index in [1.54, 1.807) is 15.6 Å². The van der Waals surface area contributed by atoms with Gasteiger partial charge < -0.3 is 9.30 Å². The number of nitrogens with zero attached hydrogens (tertiary/aromatic N) is 6. The van der Waals surface area contributed by atoms with Crippen LogP contribution in [0.3, 0.4) is 0 Å². The molecule has 1 saturated heterocycles. The Labute approximate surface area is 155 Å². The number of aromatic nitrogens is 6. The lowest BCUT2D eigenvalue weighted by atomic mass is 10.2. The van der Waals surface area contributed by atoms with Gasteiger partial charge in [0.15, 0.2) is 11.3 Å². The first-order valence-corrected chi connectivity index (χ1v) is 9.19. The minimum atomic E-state index is -0.0923. The van der Waals surface area contributed by atoms with Gasteiger partial charge in [-0.05, 0) is 38.8 Å². The van der Waals surface area contributed by atoms with E-state index in [4.69, 9.17) is 4.74 Å². The molecule has 4 heterocycles. The molecule has 5 rings (SSSR count). The highest BCUT2D eigenvalue weighted by Crippen LogP contribution is 2.27. The van der Waals surface area contributed by atoms with Crippen molar-refractivity contribution >= 4 is 16.6 Å². The molecule has 3 aromatic heterocycles. The molecule has 0 N–H and O–H groups in total. The molecule has 0 saturated carbocycles. The van der Waals surface area contributed by atoms with E-state index in [9.17, 15) is 4.79 Å². The Kier molecular flexibility index (Phi) is 3.61. The molecule has 8 nitrogen and oxygen atoms in total. The zero-order chi connectivity index (χ0) is 18.5. The van der Waals surface area contributed by atoms with E-state index < -0.39 is 0 Å². The summed E-state index contributed by atoms with van der Waals surface area (Å²) in [6.07, 6.45) is 5.42. The Morgan fingerprint density at radius 2 is 2.04 bits per heavy atom. The fourth-order valence-electron chi connectivity index (χ4n) is 3.83. The van der Waals surface area contributed by atoms with Crippen LogP contribution in [0.15, 0.2) is 41.6 Å². The fraction of sp³-hybridized carbons (Fsp3) is 0.368. The van der Waals surface area contributed by atoms with Gasteiger partial charge in [0.1, 0.15) is 18.1 Å². The van der Waals surface area contributed by atoms with Crippen LogP contribution in [-0.2, 0) is 4.74 Å². The highest BCUT2D eigenvalue weighted by Gasteiger charge is 2.23. The first kappa shape index (κ1) is 16.2. The molecule has 1 unspecified atom stereocenters. The summed E-state index contributed by atoms with van der Waals surface area (Å²) in [5.74, 6) is 0.483. The second-order valence-electron chi connectivity index (χ2n) is 7.13. The molecule has 4 aromatic rings. The van der Waals surface area contributed by atoms with Crippen LogP contribution in [0.2, 0.25) is 0 Å². The number of rotatable bonds is 3. The van der Waals surface area contributed by atoms with Crippen LogP contribution < -0.4 is 5.56 Å². The lowest BCUT2D eigenvalue weighted by Crippen LogP contribution is -2.25. The molecular weight excluding hydrogens is 344 g/mol. The smallest absolute Gasteiger partial charge is 0.279 e. The largest absolute Gasteiger partial charge is 0.372 e. The molecule has 0 spiro atoms. The average Bonchev–Trinajstić information content (AvgIpc) is 3.40. The molecule has 0 aliphatic carbocycles. The van der Waals surface area contributed by atoms with Crippen LogP contribution in [0.25, 0.3) is 22.4 Å². The van der Waals surface area contributed by atoms with Gasteiger partial charge in [-0.1, -0.05) is 17.3 Å². The molecule has 1 aliphatic rings. The lowest BCUT2D eigenvalue weighted by molar-refractivity contribution is 0.108. The monoisotopic (exact) mass is 364 g/mol. The summed E-state index contributed by atoms with van der Waals surface area (Å²) < 4.78 is 10.9. The Morgan fingerprint density at radius 1 is 1.22 bits per heavy atom. The van der Waals surface area contributed by atoms with E-state index in [-0.39, 0.29) is 17.7 Å². The first-order chi connectivity index (χ1) is 13.1. The van der Waals surface area contributed by atoms with Crippen molar-refractivity contribution in [1.29, 1.82) is 0 Å². The lowest BCUT2D eigenvalue weighted by Gasteiger charge is -2.15. The Bertz CT molecular complexity index is 1200. The van der Waals surface area contributed by atoms with Gasteiger partial charge in [0, 0.05) is 12.6 Å². The minimum Gasteiger partial charge on any atom is -0.372 e. The minimum absolute atomic E-state index is 0.0216. The summed E-state index contributed by atoms with van der Waals surface area (Å²) in [5.41, 5.74) is 2.99.